The van der Waals surface area contributed by atoms with Gasteiger partial charge in [0.05, 0.1) is 18.2 Å². The smallest absolute Gasteiger partial charge is 0.150 e. The first-order valence-electron chi connectivity index (χ1n) is 6.89. The average Bonchev–Trinajstić information content (AvgIpc) is 2.28. The standard InChI is InChI=1S/C13H27FO2S/c1-2-3-4-5-6-7-9-12-17(15,16)13-10-8-11-14/h2-13H2,1H3. The molecule has 0 aromatic rings. The molecule has 4 heteroatoms. The molecule has 2 nitrogen and oxygen atoms in total. The van der Waals surface area contributed by atoms with E-state index in [9.17, 15) is 12.8 Å². The van der Waals surface area contributed by atoms with Gasteiger partial charge in [-0.1, -0.05) is 45.4 Å². The highest BCUT2D eigenvalue weighted by atomic mass is 32.2. The second-order valence-electron chi connectivity index (χ2n) is 4.67. The van der Waals surface area contributed by atoms with Crippen LogP contribution in [0.5, 0.6) is 0 Å². The van der Waals surface area contributed by atoms with E-state index in [1.165, 1.54) is 25.7 Å². The molecule has 0 atom stereocenters. The fraction of sp³-hybridized carbons (Fsp3) is 1.00. The normalized spacial score (nSPS) is 11.9. The van der Waals surface area contributed by atoms with Crippen molar-refractivity contribution in [3.63, 3.8) is 0 Å². The Balaban J connectivity index is 3.39. The third-order valence-corrected chi connectivity index (χ3v) is 4.72. The van der Waals surface area contributed by atoms with Crippen LogP contribution >= 0.6 is 0 Å². The van der Waals surface area contributed by atoms with Crippen LogP contribution in [0.1, 0.15) is 64.7 Å². The molecule has 0 rings (SSSR count). The fourth-order valence-corrected chi connectivity index (χ4v) is 3.29. The summed E-state index contributed by atoms with van der Waals surface area (Å²) in [5.74, 6) is 0.444. The molecule has 0 aliphatic heterocycles. The maximum absolute atomic E-state index is 11.8. The summed E-state index contributed by atoms with van der Waals surface area (Å²) in [7, 11) is -2.92. The molecule has 0 aliphatic rings. The van der Waals surface area contributed by atoms with Gasteiger partial charge in [-0.15, -0.1) is 0 Å². The van der Waals surface area contributed by atoms with Crippen LogP contribution in [-0.2, 0) is 9.84 Å². The Morgan fingerprint density at radius 2 is 1.24 bits per heavy atom. The summed E-state index contributed by atoms with van der Waals surface area (Å²) in [5.41, 5.74) is 0. The van der Waals surface area contributed by atoms with Crippen LogP contribution in [0.2, 0.25) is 0 Å². The number of hydrogen-bond acceptors (Lipinski definition) is 2. The Labute approximate surface area is 106 Å². The van der Waals surface area contributed by atoms with Crippen molar-refractivity contribution in [2.24, 2.45) is 0 Å². The first kappa shape index (κ1) is 16.9. The molecule has 0 bridgehead atoms. The predicted molar refractivity (Wildman–Crippen MR) is 71.9 cm³/mol. The Bertz CT molecular complexity index is 250. The lowest BCUT2D eigenvalue weighted by Gasteiger charge is -2.03. The molecule has 0 spiro atoms. The van der Waals surface area contributed by atoms with Crippen molar-refractivity contribution in [1.82, 2.24) is 0 Å². The molecule has 0 N–H and O–H groups in total. The molecular weight excluding hydrogens is 239 g/mol. The number of rotatable bonds is 12. The zero-order valence-corrected chi connectivity index (χ0v) is 11.9. The van der Waals surface area contributed by atoms with Crippen LogP contribution in [0.15, 0.2) is 0 Å². The zero-order valence-electron chi connectivity index (χ0n) is 11.1. The second-order valence-corrected chi connectivity index (χ2v) is 6.97. The van der Waals surface area contributed by atoms with Gasteiger partial charge in [-0.25, -0.2) is 8.42 Å². The Morgan fingerprint density at radius 3 is 1.76 bits per heavy atom. The van der Waals surface area contributed by atoms with Gasteiger partial charge in [0.2, 0.25) is 0 Å². The Kier molecular flexibility index (Phi) is 10.9. The highest BCUT2D eigenvalue weighted by Crippen LogP contribution is 2.08. The molecule has 0 saturated carbocycles. The first-order chi connectivity index (χ1) is 8.12. The molecule has 0 radical (unpaired) electrons. The summed E-state index contributed by atoms with van der Waals surface area (Å²) in [6, 6.07) is 0. The number of hydrogen-bond donors (Lipinski definition) is 0. The lowest BCUT2D eigenvalue weighted by Crippen LogP contribution is -2.11. The minimum atomic E-state index is -2.92. The molecule has 0 aliphatic carbocycles. The molecule has 0 fully saturated rings. The van der Waals surface area contributed by atoms with Crippen molar-refractivity contribution >= 4 is 9.84 Å². The summed E-state index contributed by atoms with van der Waals surface area (Å²) in [5, 5.41) is 0. The van der Waals surface area contributed by atoms with Crippen LogP contribution in [0.3, 0.4) is 0 Å². The van der Waals surface area contributed by atoms with Crippen LogP contribution in [-0.4, -0.2) is 26.6 Å². The lowest BCUT2D eigenvalue weighted by molar-refractivity contribution is 0.468. The molecule has 0 heterocycles. The van der Waals surface area contributed by atoms with E-state index in [0.717, 1.165) is 19.3 Å². The zero-order chi connectivity index (χ0) is 13.0. The summed E-state index contributed by atoms with van der Waals surface area (Å²) in [6.07, 6.45) is 8.75. The van der Waals surface area contributed by atoms with E-state index in [4.69, 9.17) is 0 Å². The predicted octanol–water partition coefficient (Wildman–Crippen LogP) is 3.90. The van der Waals surface area contributed by atoms with Gasteiger partial charge in [-0.05, 0) is 19.3 Å². The summed E-state index contributed by atoms with van der Waals surface area (Å²) in [6.45, 7) is 1.77. The van der Waals surface area contributed by atoms with Crippen molar-refractivity contribution in [2.45, 2.75) is 64.7 Å². The van der Waals surface area contributed by atoms with E-state index in [1.807, 2.05) is 0 Å². The van der Waals surface area contributed by atoms with Crippen LogP contribution in [0.4, 0.5) is 4.39 Å². The maximum Gasteiger partial charge on any atom is 0.150 e. The summed E-state index contributed by atoms with van der Waals surface area (Å²) < 4.78 is 34.9. The summed E-state index contributed by atoms with van der Waals surface area (Å²) in [4.78, 5) is 0. The molecule has 0 saturated heterocycles. The van der Waals surface area contributed by atoms with Gasteiger partial charge in [0.15, 0.2) is 0 Å². The topological polar surface area (TPSA) is 34.1 Å². The Hall–Kier alpha value is -0.120. The van der Waals surface area contributed by atoms with Gasteiger partial charge in [-0.2, -0.15) is 0 Å². The van der Waals surface area contributed by atoms with E-state index in [-0.39, 0.29) is 11.5 Å². The molecule has 0 unspecified atom stereocenters. The molecule has 17 heavy (non-hydrogen) atoms. The van der Waals surface area contributed by atoms with Crippen LogP contribution in [0, 0.1) is 0 Å². The van der Waals surface area contributed by atoms with Gasteiger partial charge in [0.1, 0.15) is 9.84 Å². The van der Waals surface area contributed by atoms with Gasteiger partial charge in [0.25, 0.3) is 0 Å². The third kappa shape index (κ3) is 12.1. The first-order valence-corrected chi connectivity index (χ1v) is 8.71. The van der Waals surface area contributed by atoms with Crippen molar-refractivity contribution in [3.05, 3.63) is 0 Å². The molecule has 104 valence electrons. The summed E-state index contributed by atoms with van der Waals surface area (Å²) >= 11 is 0. The quantitative estimate of drug-likeness (QED) is 0.502. The van der Waals surface area contributed by atoms with Crippen molar-refractivity contribution in [1.29, 1.82) is 0 Å². The van der Waals surface area contributed by atoms with Crippen LogP contribution < -0.4 is 0 Å². The van der Waals surface area contributed by atoms with Gasteiger partial charge >= 0.3 is 0 Å². The number of halogens is 1. The number of sulfone groups is 1. The average molecular weight is 266 g/mol. The number of alkyl halides is 1. The molecular formula is C13H27FO2S. The molecule has 0 aromatic carbocycles. The van der Waals surface area contributed by atoms with Crippen LogP contribution in [0.25, 0.3) is 0 Å². The highest BCUT2D eigenvalue weighted by Gasteiger charge is 2.09. The monoisotopic (exact) mass is 266 g/mol. The van der Waals surface area contributed by atoms with E-state index >= 15 is 0 Å². The second kappa shape index (κ2) is 11.0. The Morgan fingerprint density at radius 1 is 0.765 bits per heavy atom. The lowest BCUT2D eigenvalue weighted by atomic mass is 10.1. The minimum absolute atomic E-state index is 0.159. The fourth-order valence-electron chi connectivity index (χ4n) is 1.80. The molecule has 0 aromatic heterocycles. The maximum atomic E-state index is 11.8. The third-order valence-electron chi connectivity index (χ3n) is 2.90. The molecule has 0 amide bonds. The SMILES string of the molecule is CCCCCCCCCS(=O)(=O)CCCCF. The van der Waals surface area contributed by atoms with E-state index in [0.29, 0.717) is 12.8 Å². The van der Waals surface area contributed by atoms with Crippen molar-refractivity contribution in [2.75, 3.05) is 18.2 Å². The van der Waals surface area contributed by atoms with E-state index < -0.39 is 16.5 Å². The largest absolute Gasteiger partial charge is 0.251 e. The minimum Gasteiger partial charge on any atom is -0.251 e. The highest BCUT2D eigenvalue weighted by molar-refractivity contribution is 7.91. The van der Waals surface area contributed by atoms with Crippen molar-refractivity contribution in [3.8, 4) is 0 Å². The van der Waals surface area contributed by atoms with E-state index in [2.05, 4.69) is 6.92 Å². The van der Waals surface area contributed by atoms with Gasteiger partial charge in [-0.3, -0.25) is 4.39 Å². The van der Waals surface area contributed by atoms with Gasteiger partial charge < -0.3 is 0 Å². The van der Waals surface area contributed by atoms with E-state index in [1.54, 1.807) is 0 Å². The van der Waals surface area contributed by atoms with Crippen molar-refractivity contribution < 1.29 is 12.8 Å². The van der Waals surface area contributed by atoms with Gasteiger partial charge in [0, 0.05) is 0 Å². The number of unbranched alkanes of at least 4 members (excludes halogenated alkanes) is 7.